The molecule has 0 aliphatic heterocycles. The monoisotopic (exact) mass is 537 g/mol. The molecule has 0 aliphatic carbocycles. The van der Waals surface area contributed by atoms with Gasteiger partial charge in [0.2, 0.25) is 0 Å². The minimum absolute atomic E-state index is 0.0751. The molecule has 0 saturated heterocycles. The Kier molecular flexibility index (Phi) is 8.71. The molecule has 0 N–H and O–H groups in total. The number of hydrogen-bond acceptors (Lipinski definition) is 6. The fourth-order valence-corrected chi connectivity index (χ4v) is 4.35. The molecule has 0 atom stereocenters. The van der Waals surface area contributed by atoms with Crippen LogP contribution in [0.15, 0.2) is 54.6 Å². The van der Waals surface area contributed by atoms with Crippen LogP contribution in [0.2, 0.25) is 0 Å². The fourth-order valence-electron chi connectivity index (χ4n) is 4.35. The van der Waals surface area contributed by atoms with Crippen LogP contribution in [0.4, 0.5) is 13.2 Å². The van der Waals surface area contributed by atoms with Crippen molar-refractivity contribution in [3.05, 3.63) is 77.7 Å². The molecule has 1 aromatic heterocycles. The van der Waals surface area contributed by atoms with E-state index in [4.69, 9.17) is 14.2 Å². The zero-order chi connectivity index (χ0) is 28.1. The van der Waals surface area contributed by atoms with Crippen molar-refractivity contribution in [3.8, 4) is 50.8 Å². The Balaban J connectivity index is 1.95. The second kappa shape index (κ2) is 12.2. The number of halogens is 3. The van der Waals surface area contributed by atoms with Crippen LogP contribution in [0.25, 0.3) is 33.5 Å². The highest BCUT2D eigenvalue weighted by Crippen LogP contribution is 2.44. The Labute approximate surface area is 226 Å². The lowest BCUT2D eigenvalue weighted by molar-refractivity contribution is 0.279. The maximum Gasteiger partial charge on any atom is 0.137 e. The smallest absolute Gasteiger partial charge is 0.137 e. The molecule has 4 rings (SSSR count). The quantitative estimate of drug-likeness (QED) is 0.214. The molecule has 6 nitrogen and oxygen atoms in total. The van der Waals surface area contributed by atoms with E-state index in [1.54, 1.807) is 37.3 Å². The lowest BCUT2D eigenvalue weighted by Gasteiger charge is -2.19. The van der Waals surface area contributed by atoms with Crippen molar-refractivity contribution in [2.75, 3.05) is 41.5 Å². The molecule has 0 aliphatic rings. The number of nitrogens with zero attached hydrogens (tertiary/aromatic N) is 3. The molecule has 1 heterocycles. The molecule has 0 radical (unpaired) electrons. The second-order valence-corrected chi connectivity index (χ2v) is 9.23. The summed E-state index contributed by atoms with van der Waals surface area (Å²) in [7, 11) is 6.85. The third kappa shape index (κ3) is 6.15. The van der Waals surface area contributed by atoms with Gasteiger partial charge in [0.05, 0.1) is 32.1 Å². The Bertz CT molecular complexity index is 1430. The summed E-state index contributed by atoms with van der Waals surface area (Å²) in [6.45, 7) is 2.68. The molecule has 0 amide bonds. The van der Waals surface area contributed by atoms with Gasteiger partial charge in [-0.05, 0) is 57.3 Å². The first-order valence-electron chi connectivity index (χ1n) is 12.4. The van der Waals surface area contributed by atoms with Gasteiger partial charge in [-0.25, -0.2) is 13.2 Å². The first-order chi connectivity index (χ1) is 18.7. The number of aryl methyl sites for hydroxylation is 1. The summed E-state index contributed by atoms with van der Waals surface area (Å²) >= 11 is 0. The molecule has 3 aromatic carbocycles. The standard InChI is InChI=1S/C30H30F3N3O3/c1-18-27(29-25(32)16-22(17-26(29)33)39-12-8-11-36(2)3)28(19-13-20(37-4)15-21(14-19)38-5)30(35-34-18)23-9-6-7-10-24(23)31/h6-7,9-10,13-17H,8,11-12H2,1-5H3. The van der Waals surface area contributed by atoms with E-state index >= 15 is 13.2 Å². The molecule has 4 aromatic rings. The van der Waals surface area contributed by atoms with Crippen molar-refractivity contribution in [2.45, 2.75) is 13.3 Å². The highest BCUT2D eigenvalue weighted by molar-refractivity contribution is 5.94. The largest absolute Gasteiger partial charge is 0.497 e. The van der Waals surface area contributed by atoms with Gasteiger partial charge in [0, 0.05) is 41.4 Å². The second-order valence-electron chi connectivity index (χ2n) is 9.23. The van der Waals surface area contributed by atoms with Gasteiger partial charge in [-0.3, -0.25) is 0 Å². The van der Waals surface area contributed by atoms with Crippen molar-refractivity contribution in [1.29, 1.82) is 0 Å². The maximum absolute atomic E-state index is 15.7. The summed E-state index contributed by atoms with van der Waals surface area (Å²) in [5, 5.41) is 8.46. The Morgan fingerprint density at radius 3 is 1.97 bits per heavy atom. The van der Waals surface area contributed by atoms with Crippen LogP contribution in [-0.4, -0.2) is 56.6 Å². The molecule has 9 heteroatoms. The fraction of sp³-hybridized carbons (Fsp3) is 0.267. The Morgan fingerprint density at radius 1 is 0.744 bits per heavy atom. The number of benzene rings is 3. The summed E-state index contributed by atoms with van der Waals surface area (Å²) in [5.41, 5.74) is 1.05. The highest BCUT2D eigenvalue weighted by atomic mass is 19.1. The number of ether oxygens (including phenoxy) is 3. The zero-order valence-corrected chi connectivity index (χ0v) is 22.5. The van der Waals surface area contributed by atoms with Gasteiger partial charge >= 0.3 is 0 Å². The number of aromatic nitrogens is 2. The van der Waals surface area contributed by atoms with Crippen molar-refractivity contribution in [1.82, 2.24) is 15.1 Å². The minimum atomic E-state index is -0.843. The first-order valence-corrected chi connectivity index (χ1v) is 12.4. The predicted octanol–water partition coefficient (Wildman–Crippen LogP) is 6.55. The van der Waals surface area contributed by atoms with E-state index in [9.17, 15) is 0 Å². The molecule has 0 fully saturated rings. The van der Waals surface area contributed by atoms with Crippen molar-refractivity contribution >= 4 is 0 Å². The normalized spacial score (nSPS) is 11.1. The van der Waals surface area contributed by atoms with Crippen LogP contribution in [0.3, 0.4) is 0 Å². The number of hydrogen-bond donors (Lipinski definition) is 0. The lowest BCUT2D eigenvalue weighted by atomic mass is 9.89. The molecule has 0 unspecified atom stereocenters. The van der Waals surface area contributed by atoms with Crippen molar-refractivity contribution in [2.24, 2.45) is 0 Å². The van der Waals surface area contributed by atoms with Gasteiger partial charge in [0.25, 0.3) is 0 Å². The van der Waals surface area contributed by atoms with Gasteiger partial charge in [-0.15, -0.1) is 5.10 Å². The Hall–Kier alpha value is -4.11. The van der Waals surface area contributed by atoms with Crippen LogP contribution in [0, 0.1) is 24.4 Å². The minimum Gasteiger partial charge on any atom is -0.497 e. The summed E-state index contributed by atoms with van der Waals surface area (Å²) in [6.07, 6.45) is 0.694. The van der Waals surface area contributed by atoms with Gasteiger partial charge in [0.15, 0.2) is 0 Å². The summed E-state index contributed by atoms with van der Waals surface area (Å²) < 4.78 is 62.9. The molecular formula is C30H30F3N3O3. The van der Waals surface area contributed by atoms with E-state index in [0.29, 0.717) is 30.1 Å². The van der Waals surface area contributed by atoms with E-state index in [1.165, 1.54) is 26.4 Å². The van der Waals surface area contributed by atoms with E-state index in [0.717, 1.165) is 18.7 Å². The van der Waals surface area contributed by atoms with Gasteiger partial charge in [0.1, 0.15) is 40.4 Å². The lowest BCUT2D eigenvalue weighted by Crippen LogP contribution is -2.15. The van der Waals surface area contributed by atoms with Gasteiger partial charge < -0.3 is 19.1 Å². The van der Waals surface area contributed by atoms with Crippen LogP contribution >= 0.6 is 0 Å². The number of rotatable bonds is 10. The van der Waals surface area contributed by atoms with E-state index in [-0.39, 0.29) is 39.4 Å². The van der Waals surface area contributed by atoms with E-state index in [1.807, 2.05) is 19.0 Å². The van der Waals surface area contributed by atoms with E-state index < -0.39 is 17.5 Å². The summed E-state index contributed by atoms with van der Waals surface area (Å²) in [4.78, 5) is 2.00. The molecule has 39 heavy (non-hydrogen) atoms. The Morgan fingerprint density at radius 2 is 1.38 bits per heavy atom. The van der Waals surface area contributed by atoms with Crippen LogP contribution in [0.1, 0.15) is 12.1 Å². The molecule has 204 valence electrons. The summed E-state index contributed by atoms with van der Waals surface area (Å²) in [6, 6.07) is 13.3. The molecular weight excluding hydrogens is 507 g/mol. The van der Waals surface area contributed by atoms with Crippen LogP contribution in [0.5, 0.6) is 17.2 Å². The highest BCUT2D eigenvalue weighted by Gasteiger charge is 2.26. The average Bonchev–Trinajstić information content (AvgIpc) is 2.91. The van der Waals surface area contributed by atoms with Crippen LogP contribution < -0.4 is 14.2 Å². The summed E-state index contributed by atoms with van der Waals surface area (Å²) in [5.74, 6) is -1.29. The van der Waals surface area contributed by atoms with Crippen LogP contribution in [-0.2, 0) is 0 Å². The van der Waals surface area contributed by atoms with Gasteiger partial charge in [-0.2, -0.15) is 5.10 Å². The van der Waals surface area contributed by atoms with Gasteiger partial charge in [-0.1, -0.05) is 12.1 Å². The van der Waals surface area contributed by atoms with Crippen molar-refractivity contribution < 1.29 is 27.4 Å². The third-order valence-electron chi connectivity index (χ3n) is 6.20. The average molecular weight is 538 g/mol. The molecule has 0 spiro atoms. The molecule has 0 bridgehead atoms. The van der Waals surface area contributed by atoms with Crippen molar-refractivity contribution in [3.63, 3.8) is 0 Å². The predicted molar refractivity (Wildman–Crippen MR) is 145 cm³/mol. The van der Waals surface area contributed by atoms with E-state index in [2.05, 4.69) is 10.2 Å². The zero-order valence-electron chi connectivity index (χ0n) is 22.5. The maximum atomic E-state index is 15.7. The topological polar surface area (TPSA) is 56.7 Å². The SMILES string of the molecule is COc1cc(OC)cc(-c2c(-c3ccccc3F)nnc(C)c2-c2c(F)cc(OCCCN(C)C)cc2F)c1. The first kappa shape index (κ1) is 27.9. The number of methoxy groups -OCH3 is 2. The molecule has 0 saturated carbocycles. The third-order valence-corrected chi connectivity index (χ3v) is 6.20.